The molecule has 90 valence electrons. The summed E-state index contributed by atoms with van der Waals surface area (Å²) in [5.74, 6) is 0. The van der Waals surface area contributed by atoms with Gasteiger partial charge in [-0.3, -0.25) is 0 Å². The highest BCUT2D eigenvalue weighted by atomic mass is 32.2. The highest BCUT2D eigenvalue weighted by molar-refractivity contribution is 7.99. The maximum absolute atomic E-state index is 12.5. The fourth-order valence-corrected chi connectivity index (χ4v) is 2.99. The monoisotopic (exact) mass is 271 g/mol. The Labute approximate surface area is 94.4 Å². The largest absolute Gasteiger partial charge is 0.744 e. The zero-order chi connectivity index (χ0) is 12.6. The molecule has 0 bridgehead atoms. The lowest BCUT2D eigenvalue weighted by Crippen LogP contribution is -2.13. The van der Waals surface area contributed by atoms with E-state index in [9.17, 15) is 26.1 Å². The van der Waals surface area contributed by atoms with Crippen LogP contribution in [-0.2, 0) is 16.3 Å². The lowest BCUT2D eigenvalue weighted by atomic mass is 10.2. The van der Waals surface area contributed by atoms with Crippen LogP contribution in [0.25, 0.3) is 0 Å². The minimum Gasteiger partial charge on any atom is -0.744 e. The first-order chi connectivity index (χ1) is 7.18. The van der Waals surface area contributed by atoms with Gasteiger partial charge in [0.05, 0.1) is 10.5 Å². The summed E-state index contributed by atoms with van der Waals surface area (Å²) in [4.78, 5) is -1.40. The predicted octanol–water partition coefficient (Wildman–Crippen LogP) is 2.33. The van der Waals surface area contributed by atoms with Gasteiger partial charge in [0.15, 0.2) is 0 Å². The standard InChI is InChI=1S/C8H7F3O3S2/c1-15-6-4-2-3-5(8(9,10)11)7(6)16(12,13)14/h2-4H,1H3,(H,12,13,14)/p-1. The summed E-state index contributed by atoms with van der Waals surface area (Å²) in [5.41, 5.74) is -1.42. The van der Waals surface area contributed by atoms with Crippen LogP contribution < -0.4 is 0 Å². The van der Waals surface area contributed by atoms with Gasteiger partial charge in [-0.25, -0.2) is 8.42 Å². The fourth-order valence-electron chi connectivity index (χ4n) is 1.16. The minimum atomic E-state index is -5.15. The topological polar surface area (TPSA) is 57.2 Å². The second-order valence-electron chi connectivity index (χ2n) is 2.79. The molecule has 0 fully saturated rings. The number of alkyl halides is 3. The number of rotatable bonds is 2. The van der Waals surface area contributed by atoms with Crippen molar-refractivity contribution in [3.05, 3.63) is 23.8 Å². The van der Waals surface area contributed by atoms with Crippen LogP contribution in [0.15, 0.2) is 28.0 Å². The first-order valence-corrected chi connectivity index (χ1v) is 6.51. The van der Waals surface area contributed by atoms with E-state index < -0.39 is 26.8 Å². The lowest BCUT2D eigenvalue weighted by Gasteiger charge is -2.17. The minimum absolute atomic E-state index is 0.204. The van der Waals surface area contributed by atoms with Gasteiger partial charge in [0.1, 0.15) is 10.1 Å². The Morgan fingerprint density at radius 2 is 1.88 bits per heavy atom. The third-order valence-corrected chi connectivity index (χ3v) is 3.60. The van der Waals surface area contributed by atoms with Gasteiger partial charge in [-0.15, -0.1) is 11.8 Å². The van der Waals surface area contributed by atoms with E-state index in [0.717, 1.165) is 23.9 Å². The molecule has 0 radical (unpaired) electrons. The Bertz CT molecular complexity index is 494. The molecule has 0 aromatic heterocycles. The lowest BCUT2D eigenvalue weighted by molar-refractivity contribution is -0.140. The van der Waals surface area contributed by atoms with Gasteiger partial charge in [0.2, 0.25) is 0 Å². The second-order valence-corrected chi connectivity index (χ2v) is 4.95. The molecule has 0 unspecified atom stereocenters. The van der Waals surface area contributed by atoms with E-state index in [4.69, 9.17) is 0 Å². The molecule has 1 aromatic rings. The molecule has 16 heavy (non-hydrogen) atoms. The molecule has 0 N–H and O–H groups in total. The Balaban J connectivity index is 3.65. The van der Waals surface area contributed by atoms with E-state index in [2.05, 4.69) is 0 Å². The molecule has 1 aromatic carbocycles. The Kier molecular flexibility index (Phi) is 3.56. The average molecular weight is 271 g/mol. The van der Waals surface area contributed by atoms with E-state index in [-0.39, 0.29) is 4.90 Å². The third kappa shape index (κ3) is 2.69. The van der Waals surface area contributed by atoms with Crippen LogP contribution in [0.3, 0.4) is 0 Å². The van der Waals surface area contributed by atoms with Crippen LogP contribution in [0.1, 0.15) is 5.56 Å². The molecule has 3 nitrogen and oxygen atoms in total. The van der Waals surface area contributed by atoms with Crippen molar-refractivity contribution >= 4 is 21.9 Å². The molecule has 8 heteroatoms. The van der Waals surface area contributed by atoms with Crippen molar-refractivity contribution in [3.63, 3.8) is 0 Å². The van der Waals surface area contributed by atoms with Crippen molar-refractivity contribution in [2.45, 2.75) is 16.0 Å². The number of hydrogen-bond donors (Lipinski definition) is 0. The average Bonchev–Trinajstić information content (AvgIpc) is 2.13. The number of hydrogen-bond acceptors (Lipinski definition) is 4. The molecule has 0 aliphatic carbocycles. The van der Waals surface area contributed by atoms with E-state index >= 15 is 0 Å². The first kappa shape index (κ1) is 13.3. The molecular weight excluding hydrogens is 265 g/mol. The van der Waals surface area contributed by atoms with Crippen LogP contribution in [0.4, 0.5) is 13.2 Å². The molecule has 0 saturated heterocycles. The third-order valence-electron chi connectivity index (χ3n) is 1.75. The molecule has 0 amide bonds. The Hall–Kier alpha value is -0.730. The number of thioether (sulfide) groups is 1. The zero-order valence-corrected chi connectivity index (χ0v) is 9.54. The smallest absolute Gasteiger partial charge is 0.417 e. The van der Waals surface area contributed by atoms with Gasteiger partial charge in [0.25, 0.3) is 0 Å². The Morgan fingerprint density at radius 3 is 2.25 bits per heavy atom. The van der Waals surface area contributed by atoms with E-state index in [1.165, 1.54) is 6.26 Å². The fraction of sp³-hybridized carbons (Fsp3) is 0.250. The summed E-state index contributed by atoms with van der Waals surface area (Å²) in [6.45, 7) is 0. The van der Waals surface area contributed by atoms with E-state index in [0.29, 0.717) is 6.07 Å². The van der Waals surface area contributed by atoms with Crippen LogP contribution in [0.5, 0.6) is 0 Å². The zero-order valence-electron chi connectivity index (χ0n) is 7.91. The predicted molar refractivity (Wildman–Crippen MR) is 51.2 cm³/mol. The quantitative estimate of drug-likeness (QED) is 0.612. The van der Waals surface area contributed by atoms with Gasteiger partial charge in [-0.1, -0.05) is 6.07 Å². The van der Waals surface area contributed by atoms with Crippen LogP contribution >= 0.6 is 11.8 Å². The molecule has 0 aliphatic heterocycles. The maximum Gasteiger partial charge on any atom is 0.417 e. The molecule has 0 heterocycles. The molecule has 0 spiro atoms. The van der Waals surface area contributed by atoms with Gasteiger partial charge in [-0.05, 0) is 18.4 Å². The highest BCUT2D eigenvalue weighted by Gasteiger charge is 2.36. The van der Waals surface area contributed by atoms with Gasteiger partial charge < -0.3 is 4.55 Å². The highest BCUT2D eigenvalue weighted by Crippen LogP contribution is 2.38. The first-order valence-electron chi connectivity index (χ1n) is 3.88. The SMILES string of the molecule is CSc1cccc(C(F)(F)F)c1S(=O)(=O)[O-]. The van der Waals surface area contributed by atoms with Crippen LogP contribution in [0.2, 0.25) is 0 Å². The van der Waals surface area contributed by atoms with Gasteiger partial charge >= 0.3 is 6.18 Å². The van der Waals surface area contributed by atoms with Crippen molar-refractivity contribution in [2.24, 2.45) is 0 Å². The van der Waals surface area contributed by atoms with Crippen molar-refractivity contribution in [3.8, 4) is 0 Å². The Morgan fingerprint density at radius 1 is 1.31 bits per heavy atom. The summed E-state index contributed by atoms with van der Waals surface area (Å²) < 4.78 is 69.9. The summed E-state index contributed by atoms with van der Waals surface area (Å²) in [7, 11) is -5.15. The van der Waals surface area contributed by atoms with Gasteiger partial charge in [-0.2, -0.15) is 13.2 Å². The summed E-state index contributed by atoms with van der Waals surface area (Å²) in [5, 5.41) is 0. The normalized spacial score (nSPS) is 12.8. The number of halogens is 3. The van der Waals surface area contributed by atoms with Gasteiger partial charge in [0, 0.05) is 4.90 Å². The second kappa shape index (κ2) is 4.27. The molecular formula is C8H6F3O3S2-. The van der Waals surface area contributed by atoms with Crippen molar-refractivity contribution < 1.29 is 26.1 Å². The van der Waals surface area contributed by atoms with E-state index in [1.807, 2.05) is 0 Å². The maximum atomic E-state index is 12.5. The van der Waals surface area contributed by atoms with Crippen LogP contribution in [-0.4, -0.2) is 19.2 Å². The molecule has 0 saturated carbocycles. The van der Waals surface area contributed by atoms with Crippen molar-refractivity contribution in [2.75, 3.05) is 6.26 Å². The molecule has 1 rings (SSSR count). The van der Waals surface area contributed by atoms with E-state index in [1.54, 1.807) is 0 Å². The molecule has 0 aliphatic rings. The number of benzene rings is 1. The molecule has 0 atom stereocenters. The summed E-state index contributed by atoms with van der Waals surface area (Å²) in [6.07, 6.45) is -3.47. The summed E-state index contributed by atoms with van der Waals surface area (Å²) >= 11 is 0.773. The summed E-state index contributed by atoms with van der Waals surface area (Å²) in [6, 6.07) is 2.79. The van der Waals surface area contributed by atoms with Crippen molar-refractivity contribution in [1.82, 2.24) is 0 Å². The van der Waals surface area contributed by atoms with Crippen LogP contribution in [0, 0.1) is 0 Å². The van der Waals surface area contributed by atoms with Crippen molar-refractivity contribution in [1.29, 1.82) is 0 Å².